The molecule has 0 fully saturated rings. The summed E-state index contributed by atoms with van der Waals surface area (Å²) in [4.78, 5) is 23.6. The van der Waals surface area contributed by atoms with Crippen LogP contribution in [0, 0.1) is 5.82 Å². The molecule has 0 unspecified atom stereocenters. The lowest BCUT2D eigenvalue weighted by Crippen LogP contribution is -2.33. The van der Waals surface area contributed by atoms with Gasteiger partial charge < -0.3 is 15.4 Å². The molecule has 0 bridgehead atoms. The number of amides is 2. The van der Waals surface area contributed by atoms with Gasteiger partial charge in [-0.05, 0) is 35.9 Å². The van der Waals surface area contributed by atoms with Crippen molar-refractivity contribution in [1.29, 1.82) is 0 Å². The van der Waals surface area contributed by atoms with Gasteiger partial charge in [0.1, 0.15) is 11.6 Å². The van der Waals surface area contributed by atoms with Gasteiger partial charge in [0.05, 0.1) is 25.1 Å². The number of rotatable bonds is 6. The molecule has 5 nitrogen and oxygen atoms in total. The van der Waals surface area contributed by atoms with E-state index in [1.165, 1.54) is 12.1 Å². The first-order chi connectivity index (χ1) is 11.5. The highest BCUT2D eigenvalue weighted by Crippen LogP contribution is 2.19. The van der Waals surface area contributed by atoms with Crippen LogP contribution in [0.5, 0.6) is 5.75 Å². The molecular formula is C17H16ClFN2O3. The molecule has 2 N–H and O–H groups in total. The van der Waals surface area contributed by atoms with Crippen LogP contribution in [0.1, 0.15) is 5.56 Å². The van der Waals surface area contributed by atoms with Crippen molar-refractivity contribution in [1.82, 2.24) is 5.32 Å². The van der Waals surface area contributed by atoms with Crippen LogP contribution in [-0.4, -0.2) is 25.5 Å². The number of carbonyl (C=O) groups excluding carboxylic acids is 2. The first-order valence-electron chi connectivity index (χ1n) is 7.12. The van der Waals surface area contributed by atoms with E-state index < -0.39 is 11.7 Å². The number of methoxy groups -OCH3 is 1. The topological polar surface area (TPSA) is 67.4 Å². The molecule has 0 spiro atoms. The van der Waals surface area contributed by atoms with Gasteiger partial charge in [-0.3, -0.25) is 9.59 Å². The van der Waals surface area contributed by atoms with E-state index >= 15 is 0 Å². The fourth-order valence-electron chi connectivity index (χ4n) is 1.95. The molecule has 2 rings (SSSR count). The Morgan fingerprint density at radius 3 is 2.46 bits per heavy atom. The number of hydrogen-bond donors (Lipinski definition) is 2. The fourth-order valence-corrected chi connectivity index (χ4v) is 2.13. The highest BCUT2D eigenvalue weighted by atomic mass is 35.5. The van der Waals surface area contributed by atoms with Crippen molar-refractivity contribution in [3.63, 3.8) is 0 Å². The Balaban J connectivity index is 1.79. The van der Waals surface area contributed by atoms with Crippen molar-refractivity contribution in [2.75, 3.05) is 19.0 Å². The van der Waals surface area contributed by atoms with Gasteiger partial charge in [0.2, 0.25) is 11.8 Å². The van der Waals surface area contributed by atoms with Crippen molar-refractivity contribution in [2.45, 2.75) is 6.42 Å². The minimum atomic E-state index is -0.567. The summed E-state index contributed by atoms with van der Waals surface area (Å²) in [5, 5.41) is 4.95. The number of nitrogens with one attached hydrogen (secondary N) is 2. The molecule has 0 aromatic heterocycles. The Kier molecular flexibility index (Phi) is 6.14. The average Bonchev–Trinajstić information content (AvgIpc) is 2.57. The summed E-state index contributed by atoms with van der Waals surface area (Å²) in [5.41, 5.74) is 1.16. The summed E-state index contributed by atoms with van der Waals surface area (Å²) in [7, 11) is 1.56. The maximum absolute atomic E-state index is 13.0. The molecule has 0 saturated carbocycles. The summed E-state index contributed by atoms with van der Waals surface area (Å²) in [6.07, 6.45) is 0.152. The van der Waals surface area contributed by atoms with E-state index in [1.807, 2.05) is 0 Å². The number of benzene rings is 2. The lowest BCUT2D eigenvalue weighted by molar-refractivity contribution is -0.123. The van der Waals surface area contributed by atoms with Crippen molar-refractivity contribution in [3.8, 4) is 5.75 Å². The number of halogens is 2. The molecule has 2 aromatic rings. The Morgan fingerprint density at radius 1 is 1.12 bits per heavy atom. The standard InChI is InChI=1S/C17H16ClFN2O3/c1-24-13-5-2-11(3-6-13)8-16(22)20-10-17(23)21-12-4-7-15(19)14(18)9-12/h2-7,9H,8,10H2,1H3,(H,20,22)(H,21,23). The van der Waals surface area contributed by atoms with Crippen LogP contribution in [-0.2, 0) is 16.0 Å². The monoisotopic (exact) mass is 350 g/mol. The molecule has 7 heteroatoms. The Labute approximate surface area is 143 Å². The molecule has 0 aliphatic rings. The summed E-state index contributed by atoms with van der Waals surface area (Å²) >= 11 is 5.63. The zero-order chi connectivity index (χ0) is 17.5. The average molecular weight is 351 g/mol. The van der Waals surface area contributed by atoms with Gasteiger partial charge in [0.25, 0.3) is 0 Å². The molecular weight excluding hydrogens is 335 g/mol. The van der Waals surface area contributed by atoms with E-state index in [9.17, 15) is 14.0 Å². The zero-order valence-electron chi connectivity index (χ0n) is 12.9. The van der Waals surface area contributed by atoms with Crippen molar-refractivity contribution in [2.24, 2.45) is 0 Å². The molecule has 2 amide bonds. The van der Waals surface area contributed by atoms with Crippen LogP contribution in [0.3, 0.4) is 0 Å². The van der Waals surface area contributed by atoms with Gasteiger partial charge in [0, 0.05) is 5.69 Å². The van der Waals surface area contributed by atoms with E-state index in [2.05, 4.69) is 10.6 Å². The molecule has 0 aliphatic carbocycles. The fraction of sp³-hybridized carbons (Fsp3) is 0.176. The molecule has 0 saturated heterocycles. The van der Waals surface area contributed by atoms with Crippen LogP contribution >= 0.6 is 11.6 Å². The van der Waals surface area contributed by atoms with Gasteiger partial charge in [-0.25, -0.2) is 4.39 Å². The molecule has 0 radical (unpaired) electrons. The van der Waals surface area contributed by atoms with E-state index in [0.717, 1.165) is 11.6 Å². The summed E-state index contributed by atoms with van der Waals surface area (Å²) in [5.74, 6) is -0.577. The molecule has 0 atom stereocenters. The number of hydrogen-bond acceptors (Lipinski definition) is 3. The molecule has 126 valence electrons. The van der Waals surface area contributed by atoms with Gasteiger partial charge in [-0.2, -0.15) is 0 Å². The summed E-state index contributed by atoms with van der Waals surface area (Å²) < 4.78 is 18.1. The summed E-state index contributed by atoms with van der Waals surface area (Å²) in [6, 6.07) is 10.9. The minimum Gasteiger partial charge on any atom is -0.497 e. The maximum Gasteiger partial charge on any atom is 0.243 e. The SMILES string of the molecule is COc1ccc(CC(=O)NCC(=O)Nc2ccc(F)c(Cl)c2)cc1. The van der Waals surface area contributed by atoms with E-state index in [0.29, 0.717) is 11.4 Å². The quantitative estimate of drug-likeness (QED) is 0.841. The Hall–Kier alpha value is -2.60. The van der Waals surface area contributed by atoms with Crippen molar-refractivity contribution >= 4 is 29.1 Å². The third-order valence-electron chi connectivity index (χ3n) is 3.17. The highest BCUT2D eigenvalue weighted by molar-refractivity contribution is 6.31. The second kappa shape index (κ2) is 8.31. The third kappa shape index (κ3) is 5.24. The van der Waals surface area contributed by atoms with Gasteiger partial charge >= 0.3 is 0 Å². The van der Waals surface area contributed by atoms with Crippen molar-refractivity contribution < 1.29 is 18.7 Å². The smallest absolute Gasteiger partial charge is 0.243 e. The summed E-state index contributed by atoms with van der Waals surface area (Å²) in [6.45, 7) is -0.190. The third-order valence-corrected chi connectivity index (χ3v) is 3.46. The zero-order valence-corrected chi connectivity index (χ0v) is 13.7. The predicted molar refractivity (Wildman–Crippen MR) is 89.7 cm³/mol. The minimum absolute atomic E-state index is 0.0867. The molecule has 0 aliphatic heterocycles. The van der Waals surface area contributed by atoms with Crippen LogP contribution in [0.4, 0.5) is 10.1 Å². The van der Waals surface area contributed by atoms with Crippen molar-refractivity contribution in [3.05, 3.63) is 58.9 Å². The second-order valence-electron chi connectivity index (χ2n) is 4.98. The highest BCUT2D eigenvalue weighted by Gasteiger charge is 2.08. The van der Waals surface area contributed by atoms with Gasteiger partial charge in [-0.1, -0.05) is 23.7 Å². The van der Waals surface area contributed by atoms with E-state index in [-0.39, 0.29) is 23.9 Å². The Morgan fingerprint density at radius 2 is 1.83 bits per heavy atom. The van der Waals surface area contributed by atoms with E-state index in [4.69, 9.17) is 16.3 Å². The first-order valence-corrected chi connectivity index (χ1v) is 7.50. The van der Waals surface area contributed by atoms with Crippen LogP contribution in [0.25, 0.3) is 0 Å². The molecule has 24 heavy (non-hydrogen) atoms. The van der Waals surface area contributed by atoms with Gasteiger partial charge in [-0.15, -0.1) is 0 Å². The largest absolute Gasteiger partial charge is 0.497 e. The van der Waals surface area contributed by atoms with Crippen LogP contribution in [0.2, 0.25) is 5.02 Å². The maximum atomic E-state index is 13.0. The molecule has 2 aromatic carbocycles. The van der Waals surface area contributed by atoms with Crippen LogP contribution < -0.4 is 15.4 Å². The first kappa shape index (κ1) is 17.7. The number of ether oxygens (including phenoxy) is 1. The Bertz CT molecular complexity index is 735. The number of carbonyl (C=O) groups is 2. The number of anilines is 1. The van der Waals surface area contributed by atoms with Gasteiger partial charge in [0.15, 0.2) is 0 Å². The molecule has 0 heterocycles. The predicted octanol–water partition coefficient (Wildman–Crippen LogP) is 2.79. The lowest BCUT2D eigenvalue weighted by atomic mass is 10.1. The van der Waals surface area contributed by atoms with E-state index in [1.54, 1.807) is 31.4 Å². The normalized spacial score (nSPS) is 10.1. The lowest BCUT2D eigenvalue weighted by Gasteiger charge is -2.08. The van der Waals surface area contributed by atoms with Crippen LogP contribution in [0.15, 0.2) is 42.5 Å². The second-order valence-corrected chi connectivity index (χ2v) is 5.39.